The van der Waals surface area contributed by atoms with Crippen LogP contribution < -0.4 is 15.4 Å². The van der Waals surface area contributed by atoms with Gasteiger partial charge in [0.15, 0.2) is 0 Å². The summed E-state index contributed by atoms with van der Waals surface area (Å²) in [4.78, 5) is 19.9. The molecule has 0 amide bonds. The van der Waals surface area contributed by atoms with E-state index in [1.165, 1.54) is 6.07 Å². The van der Waals surface area contributed by atoms with E-state index in [2.05, 4.69) is 20.6 Å². The summed E-state index contributed by atoms with van der Waals surface area (Å²) in [5.41, 5.74) is 1.45. The van der Waals surface area contributed by atoms with Gasteiger partial charge < -0.3 is 20.5 Å². The van der Waals surface area contributed by atoms with Gasteiger partial charge in [-0.2, -0.15) is 4.98 Å². The molecule has 0 saturated carbocycles. The minimum Gasteiger partial charge on any atom is -0.491 e. The van der Waals surface area contributed by atoms with Crippen LogP contribution in [0.2, 0.25) is 0 Å². The fraction of sp³-hybridized carbons (Fsp3) is 0.150. The number of para-hydroxylation sites is 1. The summed E-state index contributed by atoms with van der Waals surface area (Å²) in [5, 5.41) is 15.4. The van der Waals surface area contributed by atoms with Crippen LogP contribution in [0.3, 0.4) is 0 Å². The fourth-order valence-corrected chi connectivity index (χ4v) is 2.42. The smallest absolute Gasteiger partial charge is 0.337 e. The van der Waals surface area contributed by atoms with Gasteiger partial charge in [0.05, 0.1) is 17.4 Å². The standard InChI is InChI=1S/C20H20N4O3/c1-13(2)27-15-9-7-14(8-10-15)22-20-21-12-11-18(24-20)23-17-6-4-3-5-16(17)19(25)26/h3-13H,1-2H3,(H,25,26)(H2,21,22,23,24). The first-order chi connectivity index (χ1) is 13.0. The van der Waals surface area contributed by atoms with Gasteiger partial charge in [-0.1, -0.05) is 12.1 Å². The van der Waals surface area contributed by atoms with Crippen LogP contribution in [0.1, 0.15) is 24.2 Å². The maximum atomic E-state index is 11.3. The monoisotopic (exact) mass is 364 g/mol. The van der Waals surface area contributed by atoms with E-state index < -0.39 is 5.97 Å². The van der Waals surface area contributed by atoms with E-state index in [4.69, 9.17) is 4.74 Å². The molecule has 3 rings (SSSR count). The second kappa shape index (κ2) is 8.18. The van der Waals surface area contributed by atoms with Crippen LogP contribution in [0.5, 0.6) is 5.75 Å². The van der Waals surface area contributed by atoms with Gasteiger partial charge in [0.2, 0.25) is 5.95 Å². The largest absolute Gasteiger partial charge is 0.491 e. The van der Waals surface area contributed by atoms with Crippen molar-refractivity contribution in [2.75, 3.05) is 10.6 Å². The lowest BCUT2D eigenvalue weighted by atomic mass is 10.2. The normalized spacial score (nSPS) is 10.5. The number of carboxylic acids is 1. The zero-order chi connectivity index (χ0) is 19.2. The number of ether oxygens (including phenoxy) is 1. The Kier molecular flexibility index (Phi) is 5.51. The SMILES string of the molecule is CC(C)Oc1ccc(Nc2nccc(Nc3ccccc3C(=O)O)n2)cc1. The van der Waals surface area contributed by atoms with Crippen LogP contribution in [0.4, 0.5) is 23.1 Å². The summed E-state index contributed by atoms with van der Waals surface area (Å²) in [6.45, 7) is 3.95. The number of nitrogens with zero attached hydrogens (tertiary/aromatic N) is 2. The number of aromatic carboxylic acids is 1. The third-order valence-corrected chi connectivity index (χ3v) is 3.56. The number of hydrogen-bond donors (Lipinski definition) is 3. The molecule has 3 N–H and O–H groups in total. The number of nitrogens with one attached hydrogen (secondary N) is 2. The molecule has 0 aliphatic heterocycles. The number of benzene rings is 2. The van der Waals surface area contributed by atoms with E-state index in [0.717, 1.165) is 11.4 Å². The molecule has 2 aromatic carbocycles. The number of carbonyl (C=O) groups is 1. The maximum Gasteiger partial charge on any atom is 0.337 e. The Morgan fingerprint density at radius 3 is 2.48 bits per heavy atom. The Morgan fingerprint density at radius 1 is 1.04 bits per heavy atom. The van der Waals surface area contributed by atoms with Crippen molar-refractivity contribution < 1.29 is 14.6 Å². The second-order valence-electron chi connectivity index (χ2n) is 6.06. The average Bonchev–Trinajstić information content (AvgIpc) is 2.63. The lowest BCUT2D eigenvalue weighted by Crippen LogP contribution is -2.06. The van der Waals surface area contributed by atoms with Gasteiger partial charge in [-0.25, -0.2) is 9.78 Å². The number of carboxylic acid groups (broad SMARTS) is 1. The predicted octanol–water partition coefficient (Wildman–Crippen LogP) is 4.45. The lowest BCUT2D eigenvalue weighted by molar-refractivity contribution is 0.0698. The third-order valence-electron chi connectivity index (χ3n) is 3.56. The van der Waals surface area contributed by atoms with Crippen molar-refractivity contribution in [2.24, 2.45) is 0 Å². The summed E-state index contributed by atoms with van der Waals surface area (Å²) >= 11 is 0. The fourth-order valence-electron chi connectivity index (χ4n) is 2.42. The Hall–Kier alpha value is -3.61. The molecule has 0 unspecified atom stereocenters. The molecule has 0 aliphatic carbocycles. The first-order valence-electron chi connectivity index (χ1n) is 8.47. The zero-order valence-electron chi connectivity index (χ0n) is 15.0. The van der Waals surface area contributed by atoms with Crippen LogP contribution in [0.25, 0.3) is 0 Å². The zero-order valence-corrected chi connectivity index (χ0v) is 15.0. The Labute approximate surface area is 157 Å². The quantitative estimate of drug-likeness (QED) is 0.570. The first-order valence-corrected chi connectivity index (χ1v) is 8.47. The van der Waals surface area contributed by atoms with Crippen molar-refractivity contribution in [3.05, 3.63) is 66.4 Å². The molecule has 0 saturated heterocycles. The van der Waals surface area contributed by atoms with Crippen molar-refractivity contribution in [1.29, 1.82) is 0 Å². The van der Waals surface area contributed by atoms with E-state index in [-0.39, 0.29) is 11.7 Å². The molecule has 1 aromatic heterocycles. The molecule has 138 valence electrons. The van der Waals surface area contributed by atoms with E-state index >= 15 is 0 Å². The third kappa shape index (κ3) is 4.94. The highest BCUT2D eigenvalue weighted by Gasteiger charge is 2.10. The molecule has 0 atom stereocenters. The molecule has 7 heteroatoms. The minimum absolute atomic E-state index is 0.114. The molecule has 7 nitrogen and oxygen atoms in total. The summed E-state index contributed by atoms with van der Waals surface area (Å²) < 4.78 is 5.62. The van der Waals surface area contributed by atoms with Crippen molar-refractivity contribution in [3.8, 4) is 5.75 Å². The van der Waals surface area contributed by atoms with Gasteiger partial charge in [-0.15, -0.1) is 0 Å². The van der Waals surface area contributed by atoms with Crippen LogP contribution in [0, 0.1) is 0 Å². The Morgan fingerprint density at radius 2 is 1.78 bits per heavy atom. The molecule has 1 heterocycles. The molecule has 0 spiro atoms. The molecule has 27 heavy (non-hydrogen) atoms. The molecule has 0 aliphatic rings. The van der Waals surface area contributed by atoms with Gasteiger partial charge >= 0.3 is 5.97 Å². The van der Waals surface area contributed by atoms with Crippen LogP contribution in [-0.4, -0.2) is 27.1 Å². The number of aromatic nitrogens is 2. The molecule has 0 bridgehead atoms. The van der Waals surface area contributed by atoms with Crippen molar-refractivity contribution in [1.82, 2.24) is 9.97 Å². The molecular weight excluding hydrogens is 344 g/mol. The highest BCUT2D eigenvalue weighted by atomic mass is 16.5. The van der Waals surface area contributed by atoms with E-state index in [0.29, 0.717) is 17.5 Å². The maximum absolute atomic E-state index is 11.3. The molecule has 0 radical (unpaired) electrons. The highest BCUT2D eigenvalue weighted by molar-refractivity contribution is 5.95. The van der Waals surface area contributed by atoms with Crippen molar-refractivity contribution >= 4 is 29.1 Å². The van der Waals surface area contributed by atoms with Gasteiger partial charge in [0.1, 0.15) is 11.6 Å². The summed E-state index contributed by atoms with van der Waals surface area (Å²) in [6.07, 6.45) is 1.71. The predicted molar refractivity (Wildman–Crippen MR) is 104 cm³/mol. The number of hydrogen-bond acceptors (Lipinski definition) is 6. The molecule has 0 fully saturated rings. The molecule has 3 aromatic rings. The Bertz CT molecular complexity index is 927. The van der Waals surface area contributed by atoms with Gasteiger partial charge in [-0.05, 0) is 56.3 Å². The lowest BCUT2D eigenvalue weighted by Gasteiger charge is -2.12. The molecular formula is C20H20N4O3. The number of rotatable bonds is 7. The van der Waals surface area contributed by atoms with Crippen LogP contribution in [-0.2, 0) is 0 Å². The van der Waals surface area contributed by atoms with Crippen molar-refractivity contribution in [2.45, 2.75) is 20.0 Å². The Balaban J connectivity index is 1.73. The van der Waals surface area contributed by atoms with Gasteiger partial charge in [0, 0.05) is 11.9 Å². The average molecular weight is 364 g/mol. The van der Waals surface area contributed by atoms with Crippen molar-refractivity contribution in [3.63, 3.8) is 0 Å². The second-order valence-corrected chi connectivity index (χ2v) is 6.06. The van der Waals surface area contributed by atoms with E-state index in [9.17, 15) is 9.90 Å². The van der Waals surface area contributed by atoms with Crippen LogP contribution in [0.15, 0.2) is 60.8 Å². The summed E-state index contributed by atoms with van der Waals surface area (Å²) in [7, 11) is 0. The minimum atomic E-state index is -1.01. The summed E-state index contributed by atoms with van der Waals surface area (Å²) in [5.74, 6) is 0.665. The van der Waals surface area contributed by atoms with Gasteiger partial charge in [0.25, 0.3) is 0 Å². The first kappa shape index (κ1) is 18.2. The van der Waals surface area contributed by atoms with E-state index in [1.54, 1.807) is 30.5 Å². The highest BCUT2D eigenvalue weighted by Crippen LogP contribution is 2.22. The topological polar surface area (TPSA) is 96.4 Å². The van der Waals surface area contributed by atoms with E-state index in [1.807, 2.05) is 38.1 Å². The summed E-state index contributed by atoms with van der Waals surface area (Å²) in [6, 6.07) is 15.8. The number of anilines is 4. The van der Waals surface area contributed by atoms with Gasteiger partial charge in [-0.3, -0.25) is 0 Å². The van der Waals surface area contributed by atoms with Crippen LogP contribution >= 0.6 is 0 Å².